The Bertz CT molecular complexity index is 748. The van der Waals surface area contributed by atoms with Crippen LogP contribution >= 0.6 is 24.0 Å². The molecule has 2 aliphatic heterocycles. The highest BCUT2D eigenvalue weighted by Gasteiger charge is 2.29. The van der Waals surface area contributed by atoms with Gasteiger partial charge >= 0.3 is 6.09 Å². The Kier molecular flexibility index (Phi) is 9.41. The van der Waals surface area contributed by atoms with E-state index in [9.17, 15) is 4.79 Å². The first-order valence-corrected chi connectivity index (χ1v) is 10.8. The predicted molar refractivity (Wildman–Crippen MR) is 131 cm³/mol. The number of ether oxygens (including phenoxy) is 2. The Hall–Kier alpha value is -1.56. The molecule has 0 radical (unpaired) electrons. The third-order valence-electron chi connectivity index (χ3n) is 5.39. The molecule has 0 aromatic carbocycles. The maximum absolute atomic E-state index is 12.4. The van der Waals surface area contributed by atoms with E-state index < -0.39 is 5.60 Å². The average molecular weight is 548 g/mol. The Morgan fingerprint density at radius 3 is 2.74 bits per heavy atom. The molecule has 10 heteroatoms. The highest BCUT2D eigenvalue weighted by Crippen LogP contribution is 2.22. The number of piperidine rings is 1. The SMILES string of the molecule is CN=C(NCC1CCCN(C(=O)OC(C)(C)C)C1)N1CCOC(c2cnn(C)c2)C1.I. The van der Waals surface area contributed by atoms with Gasteiger partial charge in [-0.3, -0.25) is 9.67 Å². The molecule has 0 spiro atoms. The normalized spacial score (nSPS) is 22.7. The molecule has 1 aromatic rings. The van der Waals surface area contributed by atoms with Crippen LogP contribution in [0, 0.1) is 5.92 Å². The minimum atomic E-state index is -0.467. The number of nitrogens with one attached hydrogen (secondary N) is 1. The fourth-order valence-electron chi connectivity index (χ4n) is 3.94. The summed E-state index contributed by atoms with van der Waals surface area (Å²) in [5.74, 6) is 1.25. The molecule has 2 saturated heterocycles. The van der Waals surface area contributed by atoms with Gasteiger partial charge in [-0.2, -0.15) is 5.10 Å². The van der Waals surface area contributed by atoms with Crippen molar-refractivity contribution in [3.05, 3.63) is 18.0 Å². The summed E-state index contributed by atoms with van der Waals surface area (Å²) in [6.07, 6.45) is 5.71. The van der Waals surface area contributed by atoms with Crippen LogP contribution < -0.4 is 5.32 Å². The van der Waals surface area contributed by atoms with E-state index in [1.165, 1.54) is 0 Å². The van der Waals surface area contributed by atoms with Gasteiger partial charge in [-0.25, -0.2) is 4.79 Å². The number of aliphatic imine (C=N–C) groups is 1. The van der Waals surface area contributed by atoms with Crippen molar-refractivity contribution in [1.82, 2.24) is 24.9 Å². The Morgan fingerprint density at radius 2 is 2.10 bits per heavy atom. The molecule has 2 fully saturated rings. The highest BCUT2D eigenvalue weighted by molar-refractivity contribution is 14.0. The van der Waals surface area contributed by atoms with Gasteiger partial charge in [0.1, 0.15) is 11.7 Å². The lowest BCUT2D eigenvalue weighted by Crippen LogP contribution is -2.51. The number of carbonyl (C=O) groups excluding carboxylic acids is 1. The van der Waals surface area contributed by atoms with Crippen LogP contribution in [0.25, 0.3) is 0 Å². The molecule has 1 aromatic heterocycles. The van der Waals surface area contributed by atoms with E-state index >= 15 is 0 Å². The van der Waals surface area contributed by atoms with Gasteiger partial charge < -0.3 is 24.6 Å². The lowest BCUT2D eigenvalue weighted by Gasteiger charge is -2.37. The Labute approximate surface area is 202 Å². The minimum Gasteiger partial charge on any atom is -0.444 e. The summed E-state index contributed by atoms with van der Waals surface area (Å²) in [6, 6.07) is 0. The number of guanidine groups is 1. The van der Waals surface area contributed by atoms with E-state index in [2.05, 4.69) is 20.3 Å². The molecule has 9 nitrogen and oxygen atoms in total. The van der Waals surface area contributed by atoms with Crippen molar-refractivity contribution in [3.63, 3.8) is 0 Å². The number of aryl methyl sites for hydroxylation is 1. The second-order valence-electron chi connectivity index (χ2n) is 9.12. The van der Waals surface area contributed by atoms with Crippen molar-refractivity contribution in [2.45, 2.75) is 45.3 Å². The summed E-state index contributed by atoms with van der Waals surface area (Å²) in [5, 5.41) is 7.77. The summed E-state index contributed by atoms with van der Waals surface area (Å²) in [4.78, 5) is 20.9. The monoisotopic (exact) mass is 548 g/mol. The standard InChI is InChI=1S/C21H36N6O3.HI/c1-21(2,3)30-20(28)27-8-6-7-16(13-27)11-23-19(22-4)26-9-10-29-18(15-26)17-12-24-25(5)14-17;/h12,14,16,18H,6-11,13,15H2,1-5H3,(H,22,23);1H. The number of likely N-dealkylation sites (tertiary alicyclic amines) is 1. The van der Waals surface area contributed by atoms with Gasteiger partial charge in [0.15, 0.2) is 5.96 Å². The minimum absolute atomic E-state index is 0. The molecule has 176 valence electrons. The number of aromatic nitrogens is 2. The molecule has 0 bridgehead atoms. The number of carbonyl (C=O) groups is 1. The van der Waals surface area contributed by atoms with E-state index in [1.54, 1.807) is 4.68 Å². The maximum Gasteiger partial charge on any atom is 0.410 e. The van der Waals surface area contributed by atoms with Crippen LogP contribution in [0.4, 0.5) is 4.79 Å². The van der Waals surface area contributed by atoms with E-state index in [-0.39, 0.29) is 36.2 Å². The van der Waals surface area contributed by atoms with E-state index in [4.69, 9.17) is 9.47 Å². The van der Waals surface area contributed by atoms with Gasteiger partial charge in [0.2, 0.25) is 0 Å². The predicted octanol–water partition coefficient (Wildman–Crippen LogP) is 2.63. The number of halogens is 1. The molecule has 1 N–H and O–H groups in total. The fourth-order valence-corrected chi connectivity index (χ4v) is 3.94. The molecule has 3 heterocycles. The smallest absolute Gasteiger partial charge is 0.410 e. The zero-order valence-electron chi connectivity index (χ0n) is 19.3. The Balaban J connectivity index is 0.00000341. The van der Waals surface area contributed by atoms with Gasteiger partial charge in [-0.15, -0.1) is 24.0 Å². The summed E-state index contributed by atoms with van der Waals surface area (Å²) >= 11 is 0. The lowest BCUT2D eigenvalue weighted by molar-refractivity contribution is -0.00823. The van der Waals surface area contributed by atoms with Crippen molar-refractivity contribution >= 4 is 36.0 Å². The van der Waals surface area contributed by atoms with Crippen LogP contribution in [0.2, 0.25) is 0 Å². The van der Waals surface area contributed by atoms with E-state index in [0.29, 0.717) is 19.1 Å². The maximum atomic E-state index is 12.4. The summed E-state index contributed by atoms with van der Waals surface area (Å²) in [7, 11) is 3.72. The zero-order chi connectivity index (χ0) is 21.7. The summed E-state index contributed by atoms with van der Waals surface area (Å²) in [5.41, 5.74) is 0.615. The Morgan fingerprint density at radius 1 is 1.32 bits per heavy atom. The van der Waals surface area contributed by atoms with Crippen LogP contribution in [0.15, 0.2) is 17.4 Å². The van der Waals surface area contributed by atoms with Gasteiger partial charge in [0.25, 0.3) is 0 Å². The number of morpholine rings is 1. The number of rotatable bonds is 3. The second kappa shape index (κ2) is 11.3. The van der Waals surface area contributed by atoms with Gasteiger partial charge in [-0.1, -0.05) is 0 Å². The second-order valence-corrected chi connectivity index (χ2v) is 9.12. The van der Waals surface area contributed by atoms with Crippen LogP contribution in [0.1, 0.15) is 45.3 Å². The summed E-state index contributed by atoms with van der Waals surface area (Å²) in [6.45, 7) is 10.1. The van der Waals surface area contributed by atoms with Crippen LogP contribution in [-0.2, 0) is 16.5 Å². The van der Waals surface area contributed by atoms with E-state index in [0.717, 1.165) is 50.5 Å². The van der Waals surface area contributed by atoms with Crippen molar-refractivity contribution in [1.29, 1.82) is 0 Å². The molecule has 2 unspecified atom stereocenters. The molecule has 3 rings (SSSR count). The third-order valence-corrected chi connectivity index (χ3v) is 5.39. The lowest BCUT2D eigenvalue weighted by atomic mass is 9.98. The first-order valence-electron chi connectivity index (χ1n) is 10.8. The van der Waals surface area contributed by atoms with Gasteiger partial charge in [0, 0.05) is 52.0 Å². The fraction of sp³-hybridized carbons (Fsp3) is 0.762. The van der Waals surface area contributed by atoms with Crippen LogP contribution in [-0.4, -0.2) is 83.6 Å². The average Bonchev–Trinajstić information content (AvgIpc) is 3.14. The topological polar surface area (TPSA) is 84.2 Å². The zero-order valence-corrected chi connectivity index (χ0v) is 21.7. The van der Waals surface area contributed by atoms with Crippen LogP contribution in [0.5, 0.6) is 0 Å². The molecule has 0 saturated carbocycles. The van der Waals surface area contributed by atoms with Crippen molar-refractivity contribution in [2.75, 3.05) is 46.4 Å². The molecule has 31 heavy (non-hydrogen) atoms. The first kappa shape index (κ1) is 25.7. The number of amides is 1. The van der Waals surface area contributed by atoms with Gasteiger partial charge in [-0.05, 0) is 39.5 Å². The molecular formula is C21H37IN6O3. The highest BCUT2D eigenvalue weighted by atomic mass is 127. The molecular weight excluding hydrogens is 511 g/mol. The quantitative estimate of drug-likeness (QED) is 0.356. The summed E-state index contributed by atoms with van der Waals surface area (Å²) < 4.78 is 13.3. The number of hydrogen-bond acceptors (Lipinski definition) is 5. The van der Waals surface area contributed by atoms with E-state index in [1.807, 2.05) is 52.2 Å². The largest absolute Gasteiger partial charge is 0.444 e. The number of hydrogen-bond donors (Lipinski definition) is 1. The number of nitrogens with zero attached hydrogens (tertiary/aromatic N) is 5. The first-order chi connectivity index (χ1) is 14.2. The molecule has 2 atom stereocenters. The van der Waals surface area contributed by atoms with Crippen molar-refractivity contribution < 1.29 is 14.3 Å². The molecule has 0 aliphatic carbocycles. The van der Waals surface area contributed by atoms with Crippen molar-refractivity contribution in [3.8, 4) is 0 Å². The third kappa shape index (κ3) is 7.51. The molecule has 2 aliphatic rings. The molecule has 1 amide bonds. The van der Waals surface area contributed by atoms with Crippen molar-refractivity contribution in [2.24, 2.45) is 18.0 Å². The van der Waals surface area contributed by atoms with Gasteiger partial charge in [0.05, 0.1) is 19.3 Å². The van der Waals surface area contributed by atoms with Crippen LogP contribution in [0.3, 0.4) is 0 Å².